The molecule has 0 aromatic carbocycles. The van der Waals surface area contributed by atoms with E-state index in [1.807, 2.05) is 12.2 Å². The predicted molar refractivity (Wildman–Crippen MR) is 112 cm³/mol. The van der Waals surface area contributed by atoms with Gasteiger partial charge in [-0.1, -0.05) is 46.8 Å². The Morgan fingerprint density at radius 3 is 2.11 bits per heavy atom. The predicted octanol–water partition coefficient (Wildman–Crippen LogP) is 4.81. The SMILES string of the molecule is CCC1(C)CC2(OCC(C)(C)CO2)C(C)C(C)(CC)N1.OC1C=CCCC1. The number of piperidine rings is 1. The molecule has 2 heterocycles. The minimum absolute atomic E-state index is 0.0600. The number of aliphatic hydroxyl groups is 1. The summed E-state index contributed by atoms with van der Waals surface area (Å²) in [6, 6.07) is 0. The molecule has 4 atom stereocenters. The average Bonchev–Trinajstić information content (AvgIpc) is 2.63. The largest absolute Gasteiger partial charge is 0.389 e. The lowest BCUT2D eigenvalue weighted by molar-refractivity contribution is -0.348. The third kappa shape index (κ3) is 5.35. The summed E-state index contributed by atoms with van der Waals surface area (Å²) in [6.07, 6.45) is 10.1. The zero-order valence-electron chi connectivity index (χ0n) is 18.7. The van der Waals surface area contributed by atoms with Crippen LogP contribution in [0.2, 0.25) is 0 Å². The molecule has 1 aliphatic carbocycles. The molecule has 27 heavy (non-hydrogen) atoms. The molecule has 3 rings (SSSR count). The summed E-state index contributed by atoms with van der Waals surface area (Å²) in [7, 11) is 0. The van der Waals surface area contributed by atoms with Crippen LogP contribution in [0.25, 0.3) is 0 Å². The highest BCUT2D eigenvalue weighted by Gasteiger charge is 2.58. The van der Waals surface area contributed by atoms with Gasteiger partial charge in [-0.25, -0.2) is 0 Å². The summed E-state index contributed by atoms with van der Waals surface area (Å²) >= 11 is 0. The fourth-order valence-electron chi connectivity index (χ4n) is 4.50. The second-order valence-corrected chi connectivity index (χ2v) is 10.2. The molecule has 4 nitrogen and oxygen atoms in total. The molecule has 0 aromatic heterocycles. The van der Waals surface area contributed by atoms with Crippen molar-refractivity contribution in [2.75, 3.05) is 13.2 Å². The zero-order chi connectivity index (χ0) is 20.3. The lowest BCUT2D eigenvalue weighted by Gasteiger charge is -2.60. The van der Waals surface area contributed by atoms with Crippen LogP contribution >= 0.6 is 0 Å². The Bertz CT molecular complexity index is 508. The number of nitrogens with one attached hydrogen (secondary N) is 1. The normalized spacial score (nSPS) is 40.3. The molecule has 4 unspecified atom stereocenters. The number of hydrogen-bond acceptors (Lipinski definition) is 4. The van der Waals surface area contributed by atoms with Gasteiger partial charge >= 0.3 is 0 Å². The van der Waals surface area contributed by atoms with Crippen LogP contribution in [-0.2, 0) is 9.47 Å². The molecule has 0 amide bonds. The van der Waals surface area contributed by atoms with Crippen molar-refractivity contribution in [3.8, 4) is 0 Å². The second kappa shape index (κ2) is 8.52. The number of ether oxygens (including phenoxy) is 2. The number of allylic oxidation sites excluding steroid dienone is 1. The minimum Gasteiger partial charge on any atom is -0.389 e. The van der Waals surface area contributed by atoms with Crippen LogP contribution in [0.15, 0.2) is 12.2 Å². The van der Waals surface area contributed by atoms with Crippen LogP contribution in [0.1, 0.15) is 87.0 Å². The van der Waals surface area contributed by atoms with Gasteiger partial charge in [-0.05, 0) is 46.0 Å². The zero-order valence-corrected chi connectivity index (χ0v) is 18.7. The van der Waals surface area contributed by atoms with Crippen LogP contribution in [0.4, 0.5) is 0 Å². The van der Waals surface area contributed by atoms with E-state index in [4.69, 9.17) is 14.6 Å². The molecular weight excluding hydrogens is 338 g/mol. The Balaban J connectivity index is 0.000000313. The molecule has 2 aliphatic heterocycles. The van der Waals surface area contributed by atoms with Gasteiger partial charge < -0.3 is 19.9 Å². The minimum atomic E-state index is -0.420. The van der Waals surface area contributed by atoms with Crippen molar-refractivity contribution in [1.29, 1.82) is 0 Å². The van der Waals surface area contributed by atoms with Crippen molar-refractivity contribution in [3.05, 3.63) is 12.2 Å². The van der Waals surface area contributed by atoms with Crippen LogP contribution in [-0.4, -0.2) is 41.3 Å². The van der Waals surface area contributed by atoms with Gasteiger partial charge in [0, 0.05) is 28.8 Å². The van der Waals surface area contributed by atoms with E-state index < -0.39 is 5.79 Å². The van der Waals surface area contributed by atoms with E-state index in [2.05, 4.69) is 53.8 Å². The molecule has 0 aromatic rings. The van der Waals surface area contributed by atoms with Gasteiger partial charge in [0.2, 0.25) is 0 Å². The highest BCUT2D eigenvalue weighted by molar-refractivity contribution is 5.09. The summed E-state index contributed by atoms with van der Waals surface area (Å²) in [5.41, 5.74) is 0.268. The van der Waals surface area contributed by atoms with E-state index in [0.29, 0.717) is 5.92 Å². The monoisotopic (exact) mass is 381 g/mol. The van der Waals surface area contributed by atoms with E-state index in [1.54, 1.807) is 0 Å². The summed E-state index contributed by atoms with van der Waals surface area (Å²) in [4.78, 5) is 0. The van der Waals surface area contributed by atoms with Crippen LogP contribution < -0.4 is 5.32 Å². The van der Waals surface area contributed by atoms with E-state index >= 15 is 0 Å². The Labute approximate surface area is 167 Å². The molecule has 2 fully saturated rings. The first-order chi connectivity index (χ1) is 12.5. The van der Waals surface area contributed by atoms with Crippen molar-refractivity contribution in [1.82, 2.24) is 5.32 Å². The van der Waals surface area contributed by atoms with Gasteiger partial charge in [0.25, 0.3) is 0 Å². The third-order valence-electron chi connectivity index (χ3n) is 7.00. The molecular formula is C23H43NO3. The van der Waals surface area contributed by atoms with E-state index in [0.717, 1.165) is 51.7 Å². The lowest BCUT2D eigenvalue weighted by atomic mass is 9.67. The fraction of sp³-hybridized carbons (Fsp3) is 0.913. The Morgan fingerprint density at radius 2 is 1.70 bits per heavy atom. The highest BCUT2D eigenvalue weighted by Crippen LogP contribution is 2.48. The number of hydrogen-bond donors (Lipinski definition) is 2. The van der Waals surface area contributed by atoms with E-state index in [9.17, 15) is 0 Å². The summed E-state index contributed by atoms with van der Waals surface area (Å²) in [6.45, 7) is 17.4. The first-order valence-corrected chi connectivity index (χ1v) is 10.9. The first kappa shape index (κ1) is 22.9. The average molecular weight is 382 g/mol. The number of rotatable bonds is 2. The van der Waals surface area contributed by atoms with Gasteiger partial charge in [-0.2, -0.15) is 0 Å². The Kier molecular flexibility index (Phi) is 7.22. The van der Waals surface area contributed by atoms with Crippen molar-refractivity contribution >= 4 is 0 Å². The van der Waals surface area contributed by atoms with Crippen molar-refractivity contribution in [2.45, 2.75) is 110 Å². The number of aliphatic hydroxyl groups excluding tert-OH is 1. The fourth-order valence-corrected chi connectivity index (χ4v) is 4.50. The van der Waals surface area contributed by atoms with Gasteiger partial charge in [-0.15, -0.1) is 0 Å². The molecule has 4 heteroatoms. The molecule has 2 N–H and O–H groups in total. The molecule has 0 saturated carbocycles. The van der Waals surface area contributed by atoms with Gasteiger partial charge in [0.05, 0.1) is 19.3 Å². The first-order valence-electron chi connectivity index (χ1n) is 10.9. The Morgan fingerprint density at radius 1 is 1.07 bits per heavy atom. The second-order valence-electron chi connectivity index (χ2n) is 10.2. The van der Waals surface area contributed by atoms with Crippen molar-refractivity contribution in [2.24, 2.45) is 11.3 Å². The Hall–Kier alpha value is -0.420. The van der Waals surface area contributed by atoms with Crippen LogP contribution in [0.3, 0.4) is 0 Å². The summed E-state index contributed by atoms with van der Waals surface area (Å²) in [5.74, 6) is -0.0771. The topological polar surface area (TPSA) is 50.7 Å². The molecule has 0 bridgehead atoms. The summed E-state index contributed by atoms with van der Waals surface area (Å²) in [5, 5.41) is 12.7. The van der Waals surface area contributed by atoms with Crippen LogP contribution in [0.5, 0.6) is 0 Å². The smallest absolute Gasteiger partial charge is 0.174 e. The van der Waals surface area contributed by atoms with Gasteiger partial charge in [0.1, 0.15) is 0 Å². The maximum Gasteiger partial charge on any atom is 0.174 e. The maximum atomic E-state index is 8.82. The molecule has 1 spiro atoms. The molecule has 158 valence electrons. The molecule has 3 aliphatic rings. The third-order valence-corrected chi connectivity index (χ3v) is 7.00. The van der Waals surface area contributed by atoms with Crippen LogP contribution in [0, 0.1) is 11.3 Å². The summed E-state index contributed by atoms with van der Waals surface area (Å²) < 4.78 is 12.7. The molecule has 0 radical (unpaired) electrons. The lowest BCUT2D eigenvalue weighted by Crippen LogP contribution is -2.72. The standard InChI is InChI=1S/C17H33NO2.C6H10O/c1-8-15(6)10-17(13(3)16(7,9-2)18-15)19-11-14(4,5)12-20-17;7-6-4-2-1-3-5-6/h13,18H,8-12H2,1-7H3;2,4,6-7H,1,3,5H2. The van der Waals surface area contributed by atoms with Crippen molar-refractivity contribution in [3.63, 3.8) is 0 Å². The van der Waals surface area contributed by atoms with Gasteiger partial charge in [0.15, 0.2) is 5.79 Å². The molecule has 2 saturated heterocycles. The maximum absolute atomic E-state index is 8.82. The highest BCUT2D eigenvalue weighted by atomic mass is 16.7. The van der Waals surface area contributed by atoms with Gasteiger partial charge in [-0.3, -0.25) is 0 Å². The van der Waals surface area contributed by atoms with Crippen molar-refractivity contribution < 1.29 is 14.6 Å². The van der Waals surface area contributed by atoms with E-state index in [-0.39, 0.29) is 22.6 Å². The quantitative estimate of drug-likeness (QED) is 0.674. The van der Waals surface area contributed by atoms with E-state index in [1.165, 1.54) is 0 Å².